The third-order valence-corrected chi connectivity index (χ3v) is 5.12. The van der Waals surface area contributed by atoms with Gasteiger partial charge in [0.1, 0.15) is 0 Å². The quantitative estimate of drug-likeness (QED) is 0.617. The zero-order valence-electron chi connectivity index (χ0n) is 8.14. The van der Waals surface area contributed by atoms with E-state index in [-0.39, 0.29) is 0 Å². The van der Waals surface area contributed by atoms with Crippen molar-refractivity contribution in [3.63, 3.8) is 0 Å². The van der Waals surface area contributed by atoms with Crippen molar-refractivity contribution >= 4 is 71.5 Å². The fourth-order valence-corrected chi connectivity index (χ4v) is 4.41. The molecular weight excluding hydrogens is 360 g/mol. The van der Waals surface area contributed by atoms with Gasteiger partial charge in [-0.1, -0.05) is 15.9 Å². The highest BCUT2D eigenvalue weighted by molar-refractivity contribution is 9.10. The van der Waals surface area contributed by atoms with Crippen molar-refractivity contribution in [3.8, 4) is 0 Å². The van der Waals surface area contributed by atoms with Crippen molar-refractivity contribution in [1.29, 1.82) is 0 Å². The van der Waals surface area contributed by atoms with Gasteiger partial charge in [-0.3, -0.25) is 0 Å². The molecule has 4 nitrogen and oxygen atoms in total. The summed E-state index contributed by atoms with van der Waals surface area (Å²) < 4.78 is 15.9. The van der Waals surface area contributed by atoms with E-state index in [4.69, 9.17) is 0 Å². The van der Waals surface area contributed by atoms with Gasteiger partial charge >= 0.3 is 0 Å². The van der Waals surface area contributed by atoms with Gasteiger partial charge in [0, 0.05) is 37.6 Å². The Morgan fingerprint density at radius 1 is 0.882 bits per heavy atom. The summed E-state index contributed by atoms with van der Waals surface area (Å²) in [5.41, 5.74) is 2.11. The zero-order valence-corrected chi connectivity index (χ0v) is 13.0. The zero-order chi connectivity index (χ0) is 11.7. The van der Waals surface area contributed by atoms with Crippen LogP contribution in [0.25, 0.3) is 0 Å². The molecule has 0 spiro atoms. The van der Waals surface area contributed by atoms with E-state index in [9.17, 15) is 0 Å². The molecule has 1 aromatic carbocycles. The van der Waals surface area contributed by atoms with Crippen LogP contribution >= 0.6 is 59.8 Å². The van der Waals surface area contributed by atoms with E-state index in [1.807, 2.05) is 12.1 Å². The van der Waals surface area contributed by atoms with Crippen molar-refractivity contribution in [1.82, 2.24) is 9.44 Å². The first-order valence-electron chi connectivity index (χ1n) is 4.47. The van der Waals surface area contributed by atoms with Crippen LogP contribution in [-0.4, -0.2) is 11.7 Å². The number of hydrogen-bond acceptors (Lipinski definition) is 8. The lowest BCUT2D eigenvalue weighted by atomic mass is 10.1. The third-order valence-electron chi connectivity index (χ3n) is 2.05. The third kappa shape index (κ3) is 2.73. The summed E-state index contributed by atoms with van der Waals surface area (Å²) in [6.07, 6.45) is 0. The Balaban J connectivity index is 1.99. The first-order valence-corrected chi connectivity index (χ1v) is 9.48. The molecule has 1 aromatic rings. The van der Waals surface area contributed by atoms with E-state index in [2.05, 4.69) is 40.2 Å². The van der Waals surface area contributed by atoms with Crippen LogP contribution in [0.3, 0.4) is 0 Å². The lowest BCUT2D eigenvalue weighted by molar-refractivity contribution is 1.43. The summed E-state index contributed by atoms with van der Waals surface area (Å²) in [5.74, 6) is 1.78. The van der Waals surface area contributed by atoms with E-state index in [0.717, 1.165) is 27.3 Å². The average molecular weight is 365 g/mol. The molecule has 3 rings (SSSR count). The second kappa shape index (κ2) is 5.35. The van der Waals surface area contributed by atoms with Crippen LogP contribution in [0.15, 0.2) is 31.5 Å². The van der Waals surface area contributed by atoms with E-state index < -0.39 is 0 Å². The molecule has 17 heavy (non-hydrogen) atoms. The number of nitrogens with one attached hydrogen (secondary N) is 2. The van der Waals surface area contributed by atoms with Gasteiger partial charge in [0.25, 0.3) is 0 Å². The molecule has 2 aliphatic rings. The molecule has 88 valence electrons. The molecule has 9 heteroatoms. The van der Waals surface area contributed by atoms with Crippen LogP contribution in [0.5, 0.6) is 0 Å². The van der Waals surface area contributed by atoms with Crippen LogP contribution in [0.4, 0.5) is 0 Å². The highest BCUT2D eigenvalue weighted by Crippen LogP contribution is 2.30. The Morgan fingerprint density at radius 2 is 1.41 bits per heavy atom. The van der Waals surface area contributed by atoms with E-state index in [0.29, 0.717) is 0 Å². The van der Waals surface area contributed by atoms with Crippen LogP contribution in [0.1, 0.15) is 11.1 Å². The number of nitrogens with zero attached hydrogens (tertiary/aromatic N) is 2. The molecule has 0 radical (unpaired) electrons. The molecule has 2 heterocycles. The Labute approximate surface area is 123 Å². The lowest BCUT2D eigenvalue weighted by Gasteiger charge is -2.06. The highest BCUT2D eigenvalue weighted by atomic mass is 79.9. The molecule has 0 saturated heterocycles. The smallest absolute Gasteiger partial charge is 0.153 e. The van der Waals surface area contributed by atoms with Gasteiger partial charge < -0.3 is 9.44 Å². The number of rotatable bonds is 2. The van der Waals surface area contributed by atoms with Crippen molar-refractivity contribution in [2.45, 2.75) is 0 Å². The largest absolute Gasteiger partial charge is 0.303 e. The maximum atomic E-state index is 4.31. The first kappa shape index (κ1) is 12.1. The monoisotopic (exact) mass is 364 g/mol. The maximum absolute atomic E-state index is 4.31. The van der Waals surface area contributed by atoms with E-state index >= 15 is 0 Å². The average Bonchev–Trinajstić information content (AvgIpc) is 3.02. The van der Waals surface area contributed by atoms with Gasteiger partial charge in [-0.25, -0.2) is 0 Å². The molecule has 2 N–H and O–H groups in total. The summed E-state index contributed by atoms with van der Waals surface area (Å²) in [6, 6.07) is 6.15. The Morgan fingerprint density at radius 3 is 1.82 bits per heavy atom. The molecule has 0 bridgehead atoms. The van der Waals surface area contributed by atoms with Gasteiger partial charge in [0.15, 0.2) is 11.7 Å². The fraction of sp³-hybridized carbons (Fsp3) is 0. The second-order valence-electron chi connectivity index (χ2n) is 3.13. The standard InChI is InChI=1S/C8H5BrN4S4/c9-6-2-4(7-10-14-15-11-7)1-5(3-6)8-12-16-17-13-8/h1-3H,(H,10,11)(H,12,13). The number of amidine groups is 2. The van der Waals surface area contributed by atoms with Gasteiger partial charge in [-0.2, -0.15) is 8.80 Å². The van der Waals surface area contributed by atoms with Crippen LogP contribution in [0.2, 0.25) is 0 Å². The predicted octanol–water partition coefficient (Wildman–Crippen LogP) is 3.57. The number of benzene rings is 1. The van der Waals surface area contributed by atoms with E-state index in [1.54, 1.807) is 0 Å². The topological polar surface area (TPSA) is 48.8 Å². The summed E-state index contributed by atoms with van der Waals surface area (Å²) in [6.45, 7) is 0. The van der Waals surface area contributed by atoms with Gasteiger partial charge in [-0.05, 0) is 18.2 Å². The highest BCUT2D eigenvalue weighted by Gasteiger charge is 2.15. The Hall–Kier alpha value is 0.0400. The van der Waals surface area contributed by atoms with Gasteiger partial charge in [0.2, 0.25) is 0 Å². The van der Waals surface area contributed by atoms with Gasteiger partial charge in [0.05, 0.1) is 22.0 Å². The number of hydrogen-bond donors (Lipinski definition) is 2. The molecule has 0 atom stereocenters. The predicted molar refractivity (Wildman–Crippen MR) is 83.9 cm³/mol. The SMILES string of the molecule is Brc1cc(C2=NSSN2)cc(C2=NSSN2)c1. The normalized spacial score (nSPS) is 18.4. The minimum absolute atomic E-state index is 0.890. The molecule has 0 saturated carbocycles. The molecular formula is C8H5BrN4S4. The van der Waals surface area contributed by atoms with E-state index in [1.165, 1.54) is 43.9 Å². The Kier molecular flexibility index (Phi) is 3.81. The van der Waals surface area contributed by atoms with Crippen LogP contribution in [-0.2, 0) is 0 Å². The van der Waals surface area contributed by atoms with Crippen molar-refractivity contribution < 1.29 is 0 Å². The molecule has 0 unspecified atom stereocenters. The molecule has 0 aliphatic carbocycles. The van der Waals surface area contributed by atoms with Crippen molar-refractivity contribution in [3.05, 3.63) is 33.8 Å². The lowest BCUT2D eigenvalue weighted by Crippen LogP contribution is -2.16. The summed E-state index contributed by atoms with van der Waals surface area (Å²) in [7, 11) is 5.92. The van der Waals surface area contributed by atoms with Crippen LogP contribution in [0, 0.1) is 0 Å². The minimum atomic E-state index is 0.890. The minimum Gasteiger partial charge on any atom is -0.303 e. The number of halogens is 1. The first-order chi connectivity index (χ1) is 8.33. The molecule has 0 amide bonds. The van der Waals surface area contributed by atoms with Crippen molar-refractivity contribution in [2.75, 3.05) is 0 Å². The summed E-state index contributed by atoms with van der Waals surface area (Å²) in [4.78, 5) is 0. The van der Waals surface area contributed by atoms with Crippen LogP contribution < -0.4 is 9.44 Å². The molecule has 0 aromatic heterocycles. The summed E-state index contributed by atoms with van der Waals surface area (Å²) in [5, 5.41) is 0. The summed E-state index contributed by atoms with van der Waals surface area (Å²) >= 11 is 3.51. The van der Waals surface area contributed by atoms with Gasteiger partial charge in [-0.15, -0.1) is 0 Å². The van der Waals surface area contributed by atoms with Crippen molar-refractivity contribution in [2.24, 2.45) is 8.80 Å². The Bertz CT molecular complexity index is 476. The molecule has 0 fully saturated rings. The molecule has 2 aliphatic heterocycles. The second-order valence-corrected chi connectivity index (χ2v) is 7.34. The fourth-order valence-electron chi connectivity index (χ4n) is 1.35. The maximum Gasteiger partial charge on any atom is 0.153 e.